The molecule has 1 spiro atoms. The second-order valence-corrected chi connectivity index (χ2v) is 7.34. The van der Waals surface area contributed by atoms with Crippen molar-refractivity contribution < 1.29 is 9.32 Å². The van der Waals surface area contributed by atoms with Gasteiger partial charge in [0.15, 0.2) is 0 Å². The maximum Gasteiger partial charge on any atom is 0.259 e. The van der Waals surface area contributed by atoms with Gasteiger partial charge < -0.3 is 15.2 Å². The van der Waals surface area contributed by atoms with Gasteiger partial charge in [0, 0.05) is 13.1 Å². The van der Waals surface area contributed by atoms with E-state index in [0.717, 1.165) is 19.5 Å². The number of carbonyl (C=O) groups excluding carboxylic acids is 1. The number of nitrogens with two attached hydrogens (primary N) is 1. The highest BCUT2D eigenvalue weighted by Crippen LogP contribution is 2.44. The van der Waals surface area contributed by atoms with Gasteiger partial charge in [0.05, 0.1) is 5.54 Å². The van der Waals surface area contributed by atoms with Crippen LogP contribution in [0, 0.1) is 5.41 Å². The summed E-state index contributed by atoms with van der Waals surface area (Å²) >= 11 is 0. The topological polar surface area (TPSA) is 72.4 Å². The highest BCUT2D eigenvalue weighted by molar-refractivity contribution is 5.95. The maximum atomic E-state index is 12.8. The van der Waals surface area contributed by atoms with E-state index >= 15 is 0 Å². The van der Waals surface area contributed by atoms with Crippen LogP contribution in [-0.2, 0) is 5.54 Å². The third-order valence-corrected chi connectivity index (χ3v) is 5.05. The fraction of sp³-hybridized carbons (Fsp3) is 0.750. The van der Waals surface area contributed by atoms with E-state index in [0.29, 0.717) is 16.7 Å². The Morgan fingerprint density at radius 3 is 2.71 bits per heavy atom. The Hall–Kier alpha value is -1.36. The van der Waals surface area contributed by atoms with Crippen LogP contribution < -0.4 is 5.73 Å². The monoisotopic (exact) mass is 291 g/mol. The molecule has 0 radical (unpaired) electrons. The Morgan fingerprint density at radius 1 is 1.33 bits per heavy atom. The third-order valence-electron chi connectivity index (χ3n) is 5.05. The molecule has 3 rings (SSSR count). The minimum Gasteiger partial charge on any atom is -0.364 e. The molecule has 1 aromatic heterocycles. The molecular weight excluding hydrogens is 266 g/mol. The van der Waals surface area contributed by atoms with Gasteiger partial charge in [-0.1, -0.05) is 24.4 Å². The fourth-order valence-electron chi connectivity index (χ4n) is 3.84. The van der Waals surface area contributed by atoms with E-state index in [1.165, 1.54) is 38.4 Å². The minimum absolute atomic E-state index is 0.0206. The van der Waals surface area contributed by atoms with Crippen LogP contribution in [0.15, 0.2) is 10.8 Å². The van der Waals surface area contributed by atoms with Gasteiger partial charge >= 0.3 is 0 Å². The first kappa shape index (κ1) is 14.6. The highest BCUT2D eigenvalue weighted by Gasteiger charge is 2.41. The van der Waals surface area contributed by atoms with Crippen molar-refractivity contribution >= 4 is 5.91 Å². The number of likely N-dealkylation sites (tertiary alicyclic amines) is 1. The predicted molar refractivity (Wildman–Crippen MR) is 79.8 cm³/mol. The Kier molecular flexibility index (Phi) is 3.56. The molecule has 2 fully saturated rings. The molecule has 1 aliphatic carbocycles. The van der Waals surface area contributed by atoms with E-state index in [4.69, 9.17) is 10.3 Å². The largest absolute Gasteiger partial charge is 0.364 e. The summed E-state index contributed by atoms with van der Waals surface area (Å²) in [7, 11) is 0. The number of carbonyl (C=O) groups is 1. The average Bonchev–Trinajstić information content (AvgIpc) is 3.06. The SMILES string of the molecule is CC(C)(N)c1nocc1C(=O)N1CCC2(CCCCC2)C1. The Labute approximate surface area is 125 Å². The maximum absolute atomic E-state index is 12.8. The lowest BCUT2D eigenvalue weighted by atomic mass is 9.73. The zero-order valence-corrected chi connectivity index (χ0v) is 13.0. The summed E-state index contributed by atoms with van der Waals surface area (Å²) < 4.78 is 5.01. The van der Waals surface area contributed by atoms with Crippen molar-refractivity contribution in [3.63, 3.8) is 0 Å². The van der Waals surface area contributed by atoms with E-state index in [2.05, 4.69) is 5.16 Å². The average molecular weight is 291 g/mol. The molecular formula is C16H25N3O2. The van der Waals surface area contributed by atoms with Crippen molar-refractivity contribution in [1.82, 2.24) is 10.1 Å². The molecule has 1 aliphatic heterocycles. The third kappa shape index (κ3) is 2.71. The minimum atomic E-state index is -0.666. The standard InChI is InChI=1S/C16H25N3O2/c1-15(2,17)13-12(10-21-18-13)14(20)19-9-8-16(11-19)6-4-3-5-7-16/h10H,3-9,11,17H2,1-2H3. The van der Waals surface area contributed by atoms with Crippen LogP contribution in [0.2, 0.25) is 0 Å². The normalized spacial score (nSPS) is 22.0. The van der Waals surface area contributed by atoms with Crippen molar-refractivity contribution in [2.75, 3.05) is 13.1 Å². The van der Waals surface area contributed by atoms with E-state index in [1.807, 2.05) is 18.7 Å². The molecule has 1 amide bonds. The van der Waals surface area contributed by atoms with E-state index < -0.39 is 5.54 Å². The summed E-state index contributed by atoms with van der Waals surface area (Å²) in [6, 6.07) is 0. The molecule has 1 aromatic rings. The van der Waals surface area contributed by atoms with Gasteiger partial charge in [0.2, 0.25) is 0 Å². The van der Waals surface area contributed by atoms with Crippen molar-refractivity contribution in [1.29, 1.82) is 0 Å². The molecule has 1 saturated carbocycles. The number of hydrogen-bond donors (Lipinski definition) is 1. The lowest BCUT2D eigenvalue weighted by Crippen LogP contribution is -2.36. The molecule has 0 bridgehead atoms. The Balaban J connectivity index is 1.77. The summed E-state index contributed by atoms with van der Waals surface area (Å²) in [6.07, 6.45) is 9.04. The fourth-order valence-corrected chi connectivity index (χ4v) is 3.84. The van der Waals surface area contributed by atoms with Crippen molar-refractivity contribution in [2.45, 2.75) is 57.9 Å². The number of nitrogens with zero attached hydrogens (tertiary/aromatic N) is 2. The first-order valence-electron chi connectivity index (χ1n) is 7.94. The molecule has 5 nitrogen and oxygen atoms in total. The van der Waals surface area contributed by atoms with Crippen LogP contribution in [0.5, 0.6) is 0 Å². The summed E-state index contributed by atoms with van der Waals surface area (Å²) in [5.74, 6) is 0.0206. The number of hydrogen-bond acceptors (Lipinski definition) is 4. The van der Waals surface area contributed by atoms with Gasteiger partial charge in [-0.3, -0.25) is 4.79 Å². The summed E-state index contributed by atoms with van der Waals surface area (Å²) in [5, 5.41) is 3.94. The summed E-state index contributed by atoms with van der Waals surface area (Å²) in [5.41, 5.74) is 6.86. The molecule has 1 saturated heterocycles. The number of amides is 1. The van der Waals surface area contributed by atoms with E-state index in [1.54, 1.807) is 0 Å². The predicted octanol–water partition coefficient (Wildman–Crippen LogP) is 2.66. The van der Waals surface area contributed by atoms with Crippen LogP contribution in [0.4, 0.5) is 0 Å². The lowest BCUT2D eigenvalue weighted by molar-refractivity contribution is 0.0756. The molecule has 0 unspecified atom stereocenters. The van der Waals surface area contributed by atoms with E-state index in [-0.39, 0.29) is 5.91 Å². The van der Waals surface area contributed by atoms with Gasteiger partial charge in [-0.05, 0) is 38.5 Å². The molecule has 2 heterocycles. The zero-order chi connectivity index (χ0) is 15.1. The van der Waals surface area contributed by atoms with Crippen LogP contribution in [0.25, 0.3) is 0 Å². The van der Waals surface area contributed by atoms with Crippen molar-refractivity contribution in [3.8, 4) is 0 Å². The molecule has 5 heteroatoms. The summed E-state index contributed by atoms with van der Waals surface area (Å²) in [4.78, 5) is 14.7. The van der Waals surface area contributed by atoms with Gasteiger partial charge in [0.25, 0.3) is 5.91 Å². The van der Waals surface area contributed by atoms with Crippen LogP contribution in [0.3, 0.4) is 0 Å². The Morgan fingerprint density at radius 2 is 2.05 bits per heavy atom. The summed E-state index contributed by atoms with van der Waals surface area (Å²) in [6.45, 7) is 5.40. The first-order valence-corrected chi connectivity index (χ1v) is 7.94. The second kappa shape index (κ2) is 5.13. The smallest absolute Gasteiger partial charge is 0.259 e. The lowest BCUT2D eigenvalue weighted by Gasteiger charge is -2.33. The number of aromatic nitrogens is 1. The van der Waals surface area contributed by atoms with Crippen LogP contribution in [-0.4, -0.2) is 29.1 Å². The molecule has 2 aliphatic rings. The molecule has 21 heavy (non-hydrogen) atoms. The van der Waals surface area contributed by atoms with Gasteiger partial charge in [0.1, 0.15) is 17.5 Å². The molecule has 116 valence electrons. The van der Waals surface area contributed by atoms with E-state index in [9.17, 15) is 4.79 Å². The molecule has 0 aromatic carbocycles. The second-order valence-electron chi connectivity index (χ2n) is 7.34. The van der Waals surface area contributed by atoms with Crippen LogP contribution >= 0.6 is 0 Å². The number of rotatable bonds is 2. The zero-order valence-electron chi connectivity index (χ0n) is 13.0. The van der Waals surface area contributed by atoms with Gasteiger partial charge in [-0.25, -0.2) is 0 Å². The first-order chi connectivity index (χ1) is 9.91. The van der Waals surface area contributed by atoms with Crippen molar-refractivity contribution in [2.24, 2.45) is 11.1 Å². The molecule has 0 atom stereocenters. The van der Waals surface area contributed by atoms with Crippen molar-refractivity contribution in [3.05, 3.63) is 17.5 Å². The van der Waals surface area contributed by atoms with Gasteiger partial charge in [-0.2, -0.15) is 0 Å². The quantitative estimate of drug-likeness (QED) is 0.909. The highest BCUT2D eigenvalue weighted by atomic mass is 16.5. The Bertz CT molecular complexity index is 524. The van der Waals surface area contributed by atoms with Crippen LogP contribution in [0.1, 0.15) is 68.4 Å². The molecule has 2 N–H and O–H groups in total. The van der Waals surface area contributed by atoms with Gasteiger partial charge in [-0.15, -0.1) is 0 Å².